The maximum Gasteiger partial charge on any atom is 0.228 e. The molecular weight excluding hydrogens is 204 g/mol. The van der Waals surface area contributed by atoms with Crippen LogP contribution in [0.1, 0.15) is 26.7 Å². The molecule has 2 heterocycles. The van der Waals surface area contributed by atoms with Crippen LogP contribution in [0.5, 0.6) is 0 Å². The van der Waals surface area contributed by atoms with Crippen molar-refractivity contribution in [2.45, 2.75) is 38.8 Å². The van der Waals surface area contributed by atoms with Crippen LogP contribution in [0.2, 0.25) is 0 Å². The molecule has 2 saturated heterocycles. The van der Waals surface area contributed by atoms with E-state index in [1.807, 2.05) is 4.90 Å². The van der Waals surface area contributed by atoms with Crippen LogP contribution in [-0.2, 0) is 9.53 Å². The van der Waals surface area contributed by atoms with Gasteiger partial charge in [0.1, 0.15) is 0 Å². The zero-order valence-electron chi connectivity index (χ0n) is 10.2. The van der Waals surface area contributed by atoms with Crippen molar-refractivity contribution >= 4 is 5.91 Å². The quantitative estimate of drug-likeness (QED) is 0.713. The topological polar surface area (TPSA) is 41.6 Å². The van der Waals surface area contributed by atoms with Gasteiger partial charge in [-0.1, -0.05) is 0 Å². The molecule has 92 valence electrons. The molecule has 0 bridgehead atoms. The average molecular weight is 226 g/mol. The Balaban J connectivity index is 1.92. The highest BCUT2D eigenvalue weighted by Gasteiger charge is 2.30. The van der Waals surface area contributed by atoms with E-state index in [1.54, 1.807) is 0 Å². The minimum atomic E-state index is 0.103. The van der Waals surface area contributed by atoms with Crippen LogP contribution in [0, 0.1) is 5.92 Å². The molecule has 1 amide bonds. The van der Waals surface area contributed by atoms with Gasteiger partial charge in [-0.25, -0.2) is 0 Å². The summed E-state index contributed by atoms with van der Waals surface area (Å²) in [7, 11) is 0. The van der Waals surface area contributed by atoms with Crippen molar-refractivity contribution in [2.24, 2.45) is 5.92 Å². The Kier molecular flexibility index (Phi) is 3.82. The van der Waals surface area contributed by atoms with E-state index in [4.69, 9.17) is 4.74 Å². The lowest BCUT2D eigenvalue weighted by molar-refractivity contribution is -0.141. The second-order valence-corrected chi connectivity index (χ2v) is 5.13. The molecule has 0 aliphatic carbocycles. The minimum absolute atomic E-state index is 0.103. The standard InChI is InChI=1S/C12H22N2O2/c1-9-6-14(7-10(2)13-9)12(15)11-4-3-5-16-8-11/h9-11,13H,3-8H2,1-2H3. The molecule has 2 rings (SSSR count). The maximum absolute atomic E-state index is 12.3. The summed E-state index contributed by atoms with van der Waals surface area (Å²) in [5, 5.41) is 3.44. The molecule has 4 nitrogen and oxygen atoms in total. The molecule has 0 aromatic carbocycles. The van der Waals surface area contributed by atoms with Crippen LogP contribution in [-0.4, -0.2) is 49.2 Å². The number of amides is 1. The maximum atomic E-state index is 12.3. The van der Waals surface area contributed by atoms with Gasteiger partial charge in [0.25, 0.3) is 0 Å². The van der Waals surface area contributed by atoms with Gasteiger partial charge in [0.2, 0.25) is 5.91 Å². The van der Waals surface area contributed by atoms with E-state index in [-0.39, 0.29) is 5.92 Å². The lowest BCUT2D eigenvalue weighted by atomic mass is 9.99. The third-order valence-electron chi connectivity index (χ3n) is 3.38. The highest BCUT2D eigenvalue weighted by atomic mass is 16.5. The Hall–Kier alpha value is -0.610. The molecule has 0 saturated carbocycles. The van der Waals surface area contributed by atoms with Crippen molar-refractivity contribution < 1.29 is 9.53 Å². The van der Waals surface area contributed by atoms with E-state index in [0.29, 0.717) is 24.6 Å². The van der Waals surface area contributed by atoms with Crippen LogP contribution < -0.4 is 5.32 Å². The van der Waals surface area contributed by atoms with Crippen LogP contribution >= 0.6 is 0 Å². The SMILES string of the molecule is CC1CN(C(=O)C2CCCOC2)CC(C)N1. The number of piperazine rings is 1. The number of nitrogens with one attached hydrogen (secondary N) is 1. The third kappa shape index (κ3) is 2.74. The molecule has 1 N–H and O–H groups in total. The number of hydrogen-bond acceptors (Lipinski definition) is 3. The Morgan fingerprint density at radius 1 is 1.31 bits per heavy atom. The minimum Gasteiger partial charge on any atom is -0.381 e. The molecule has 0 spiro atoms. The molecule has 2 fully saturated rings. The molecule has 0 aromatic heterocycles. The molecule has 0 aromatic rings. The predicted molar refractivity (Wildman–Crippen MR) is 62.2 cm³/mol. The lowest BCUT2D eigenvalue weighted by Crippen LogP contribution is -2.57. The Morgan fingerprint density at radius 3 is 2.56 bits per heavy atom. The van der Waals surface area contributed by atoms with Gasteiger partial charge in [-0.05, 0) is 26.7 Å². The first-order valence-electron chi connectivity index (χ1n) is 6.29. The van der Waals surface area contributed by atoms with Crippen molar-refractivity contribution in [3.05, 3.63) is 0 Å². The molecule has 2 aliphatic heterocycles. The average Bonchev–Trinajstić information content (AvgIpc) is 2.28. The second-order valence-electron chi connectivity index (χ2n) is 5.13. The fourth-order valence-corrected chi connectivity index (χ4v) is 2.70. The molecule has 16 heavy (non-hydrogen) atoms. The summed E-state index contributed by atoms with van der Waals surface area (Å²) in [6, 6.07) is 0.800. The fourth-order valence-electron chi connectivity index (χ4n) is 2.70. The van der Waals surface area contributed by atoms with Gasteiger partial charge in [0.15, 0.2) is 0 Å². The third-order valence-corrected chi connectivity index (χ3v) is 3.38. The summed E-state index contributed by atoms with van der Waals surface area (Å²) in [5.74, 6) is 0.395. The molecule has 4 heteroatoms. The summed E-state index contributed by atoms with van der Waals surface area (Å²) in [6.07, 6.45) is 2.01. The molecular formula is C12H22N2O2. The number of rotatable bonds is 1. The monoisotopic (exact) mass is 226 g/mol. The Labute approximate surface area is 97.3 Å². The van der Waals surface area contributed by atoms with Gasteiger partial charge >= 0.3 is 0 Å². The molecule has 3 atom stereocenters. The first-order chi connectivity index (χ1) is 7.66. The van der Waals surface area contributed by atoms with Gasteiger partial charge < -0.3 is 15.0 Å². The Morgan fingerprint density at radius 2 is 2.00 bits per heavy atom. The van der Waals surface area contributed by atoms with E-state index in [1.165, 1.54) is 0 Å². The summed E-state index contributed by atoms with van der Waals surface area (Å²) in [4.78, 5) is 14.3. The van der Waals surface area contributed by atoms with E-state index in [0.717, 1.165) is 32.5 Å². The zero-order chi connectivity index (χ0) is 11.5. The molecule has 2 aliphatic rings. The summed E-state index contributed by atoms with van der Waals surface area (Å²) < 4.78 is 5.38. The summed E-state index contributed by atoms with van der Waals surface area (Å²) in [5.41, 5.74) is 0. The van der Waals surface area contributed by atoms with Gasteiger partial charge in [0, 0.05) is 31.8 Å². The van der Waals surface area contributed by atoms with Crippen LogP contribution in [0.25, 0.3) is 0 Å². The highest BCUT2D eigenvalue weighted by Crippen LogP contribution is 2.18. The van der Waals surface area contributed by atoms with Crippen molar-refractivity contribution in [3.8, 4) is 0 Å². The van der Waals surface area contributed by atoms with Crippen LogP contribution in [0.3, 0.4) is 0 Å². The highest BCUT2D eigenvalue weighted by molar-refractivity contribution is 5.79. The molecule has 3 unspecified atom stereocenters. The number of nitrogens with zero attached hydrogens (tertiary/aromatic N) is 1. The van der Waals surface area contributed by atoms with Crippen molar-refractivity contribution in [2.75, 3.05) is 26.3 Å². The van der Waals surface area contributed by atoms with Crippen molar-refractivity contribution in [1.82, 2.24) is 10.2 Å². The number of hydrogen-bond donors (Lipinski definition) is 1. The van der Waals surface area contributed by atoms with Gasteiger partial charge in [-0.15, -0.1) is 0 Å². The number of carbonyl (C=O) groups is 1. The first-order valence-corrected chi connectivity index (χ1v) is 6.29. The summed E-state index contributed by atoms with van der Waals surface area (Å²) in [6.45, 7) is 7.36. The van der Waals surface area contributed by atoms with E-state index >= 15 is 0 Å². The zero-order valence-corrected chi connectivity index (χ0v) is 10.2. The van der Waals surface area contributed by atoms with Gasteiger partial charge in [-0.2, -0.15) is 0 Å². The lowest BCUT2D eigenvalue weighted by Gasteiger charge is -2.38. The van der Waals surface area contributed by atoms with E-state index in [9.17, 15) is 4.79 Å². The van der Waals surface area contributed by atoms with Crippen LogP contribution in [0.4, 0.5) is 0 Å². The predicted octanol–water partition coefficient (Wildman–Crippen LogP) is 0.622. The largest absolute Gasteiger partial charge is 0.381 e. The van der Waals surface area contributed by atoms with Gasteiger partial charge in [0.05, 0.1) is 12.5 Å². The van der Waals surface area contributed by atoms with Gasteiger partial charge in [-0.3, -0.25) is 4.79 Å². The van der Waals surface area contributed by atoms with E-state index < -0.39 is 0 Å². The summed E-state index contributed by atoms with van der Waals surface area (Å²) >= 11 is 0. The normalized spacial score (nSPS) is 36.1. The smallest absolute Gasteiger partial charge is 0.228 e. The Bertz CT molecular complexity index is 241. The number of ether oxygens (including phenoxy) is 1. The second kappa shape index (κ2) is 5.15. The van der Waals surface area contributed by atoms with E-state index in [2.05, 4.69) is 19.2 Å². The van der Waals surface area contributed by atoms with Crippen molar-refractivity contribution in [1.29, 1.82) is 0 Å². The fraction of sp³-hybridized carbons (Fsp3) is 0.917. The molecule has 0 radical (unpaired) electrons. The number of carbonyl (C=O) groups excluding carboxylic acids is 1. The van der Waals surface area contributed by atoms with Crippen molar-refractivity contribution in [3.63, 3.8) is 0 Å². The van der Waals surface area contributed by atoms with Crippen LogP contribution in [0.15, 0.2) is 0 Å². The first kappa shape index (κ1) is 11.9.